The molecule has 0 aliphatic carbocycles. The van der Waals surface area contributed by atoms with Gasteiger partial charge in [0.25, 0.3) is 0 Å². The molecular weight excluding hydrogens is 340 g/mol. The van der Waals surface area contributed by atoms with Crippen LogP contribution in [-0.2, 0) is 20.9 Å². The first-order valence-electron chi connectivity index (χ1n) is 7.87. The van der Waals surface area contributed by atoms with E-state index in [4.69, 9.17) is 16.3 Å². The van der Waals surface area contributed by atoms with Crippen LogP contribution in [0.3, 0.4) is 0 Å². The SMILES string of the molecule is COC(=O)CN(CC(=O)Nc1cccc(Cl)c1C)Cc1ccccc1. The molecule has 0 spiro atoms. The zero-order valence-corrected chi connectivity index (χ0v) is 15.0. The first-order chi connectivity index (χ1) is 12.0. The molecule has 0 saturated heterocycles. The average Bonchev–Trinajstić information content (AvgIpc) is 2.59. The van der Waals surface area contributed by atoms with Crippen LogP contribution in [-0.4, -0.2) is 37.0 Å². The minimum atomic E-state index is -0.386. The molecule has 5 nitrogen and oxygen atoms in total. The van der Waals surface area contributed by atoms with Crippen molar-refractivity contribution < 1.29 is 14.3 Å². The van der Waals surface area contributed by atoms with E-state index < -0.39 is 0 Å². The second kappa shape index (κ2) is 9.20. The van der Waals surface area contributed by atoms with Crippen LogP contribution < -0.4 is 5.32 Å². The summed E-state index contributed by atoms with van der Waals surface area (Å²) in [5.41, 5.74) is 2.48. The number of nitrogens with one attached hydrogen (secondary N) is 1. The minimum absolute atomic E-state index is 0.0351. The van der Waals surface area contributed by atoms with Crippen molar-refractivity contribution in [2.75, 3.05) is 25.5 Å². The van der Waals surface area contributed by atoms with Gasteiger partial charge in [0, 0.05) is 17.3 Å². The minimum Gasteiger partial charge on any atom is -0.468 e. The number of rotatable bonds is 7. The lowest BCUT2D eigenvalue weighted by atomic mass is 10.2. The lowest BCUT2D eigenvalue weighted by Crippen LogP contribution is -2.37. The van der Waals surface area contributed by atoms with Crippen LogP contribution >= 0.6 is 11.6 Å². The second-order valence-electron chi connectivity index (χ2n) is 5.67. The Hall–Kier alpha value is -2.37. The van der Waals surface area contributed by atoms with Gasteiger partial charge in [0.2, 0.25) is 5.91 Å². The number of esters is 1. The van der Waals surface area contributed by atoms with Crippen LogP contribution in [0.25, 0.3) is 0 Å². The Morgan fingerprint density at radius 3 is 2.48 bits per heavy atom. The van der Waals surface area contributed by atoms with Gasteiger partial charge in [-0.1, -0.05) is 48.0 Å². The van der Waals surface area contributed by atoms with Crippen molar-refractivity contribution in [2.24, 2.45) is 0 Å². The van der Waals surface area contributed by atoms with Crippen LogP contribution in [0.5, 0.6) is 0 Å². The summed E-state index contributed by atoms with van der Waals surface area (Å²) < 4.78 is 4.72. The Balaban J connectivity index is 2.05. The molecule has 1 N–H and O–H groups in total. The maximum Gasteiger partial charge on any atom is 0.319 e. The van der Waals surface area contributed by atoms with Crippen molar-refractivity contribution >= 4 is 29.2 Å². The van der Waals surface area contributed by atoms with Crippen molar-refractivity contribution in [2.45, 2.75) is 13.5 Å². The van der Waals surface area contributed by atoms with Crippen molar-refractivity contribution in [3.05, 3.63) is 64.7 Å². The first-order valence-corrected chi connectivity index (χ1v) is 8.25. The number of hydrogen-bond acceptors (Lipinski definition) is 4. The predicted octanol–water partition coefficient (Wildman–Crippen LogP) is 3.26. The number of amides is 1. The molecule has 0 radical (unpaired) electrons. The highest BCUT2D eigenvalue weighted by Crippen LogP contribution is 2.22. The number of carbonyl (C=O) groups is 2. The van der Waals surface area contributed by atoms with Crippen LogP contribution in [0.1, 0.15) is 11.1 Å². The summed E-state index contributed by atoms with van der Waals surface area (Å²) in [5.74, 6) is -0.604. The Morgan fingerprint density at radius 1 is 1.08 bits per heavy atom. The average molecular weight is 361 g/mol. The van der Waals surface area contributed by atoms with E-state index in [-0.39, 0.29) is 25.0 Å². The summed E-state index contributed by atoms with van der Waals surface area (Å²) >= 11 is 6.08. The van der Waals surface area contributed by atoms with Gasteiger partial charge < -0.3 is 10.1 Å². The maximum atomic E-state index is 12.4. The fourth-order valence-corrected chi connectivity index (χ4v) is 2.57. The van der Waals surface area contributed by atoms with Crippen molar-refractivity contribution in [1.29, 1.82) is 0 Å². The fourth-order valence-electron chi connectivity index (χ4n) is 2.39. The monoisotopic (exact) mass is 360 g/mol. The molecule has 0 atom stereocenters. The van der Waals surface area contributed by atoms with E-state index in [0.29, 0.717) is 17.3 Å². The third-order valence-corrected chi connectivity index (χ3v) is 4.15. The van der Waals surface area contributed by atoms with Gasteiger partial charge in [0.05, 0.1) is 20.2 Å². The van der Waals surface area contributed by atoms with Crippen molar-refractivity contribution in [3.8, 4) is 0 Å². The number of methoxy groups -OCH3 is 1. The summed E-state index contributed by atoms with van der Waals surface area (Å²) in [6, 6.07) is 15.0. The van der Waals surface area contributed by atoms with Crippen molar-refractivity contribution in [1.82, 2.24) is 4.90 Å². The van der Waals surface area contributed by atoms with Gasteiger partial charge in [-0.05, 0) is 30.2 Å². The zero-order chi connectivity index (χ0) is 18.2. The third-order valence-electron chi connectivity index (χ3n) is 3.74. The molecule has 0 saturated carbocycles. The van der Waals surface area contributed by atoms with E-state index in [1.807, 2.05) is 37.3 Å². The van der Waals surface area contributed by atoms with Crippen LogP contribution in [0, 0.1) is 6.92 Å². The maximum absolute atomic E-state index is 12.4. The molecule has 2 aromatic rings. The highest BCUT2D eigenvalue weighted by atomic mass is 35.5. The normalized spacial score (nSPS) is 10.6. The molecule has 1 amide bonds. The van der Waals surface area contributed by atoms with Gasteiger partial charge in [0.1, 0.15) is 0 Å². The summed E-state index contributed by atoms with van der Waals surface area (Å²) in [4.78, 5) is 25.8. The topological polar surface area (TPSA) is 58.6 Å². The summed E-state index contributed by atoms with van der Waals surface area (Å²) in [6.45, 7) is 2.41. The Bertz CT molecular complexity index is 735. The van der Waals surface area contributed by atoms with E-state index in [0.717, 1.165) is 11.1 Å². The van der Waals surface area contributed by atoms with Crippen LogP contribution in [0.15, 0.2) is 48.5 Å². The third kappa shape index (κ3) is 5.89. The Kier molecular flexibility index (Phi) is 6.98. The lowest BCUT2D eigenvalue weighted by molar-refractivity contribution is -0.142. The number of nitrogens with zero attached hydrogens (tertiary/aromatic N) is 1. The standard InChI is InChI=1S/C19H21ClN2O3/c1-14-16(20)9-6-10-17(14)21-18(23)12-22(13-19(24)25-2)11-15-7-4-3-5-8-15/h3-10H,11-13H2,1-2H3,(H,21,23). The van der Waals surface area contributed by atoms with E-state index >= 15 is 0 Å². The van der Waals surface area contributed by atoms with E-state index in [2.05, 4.69) is 5.32 Å². The Morgan fingerprint density at radius 2 is 1.80 bits per heavy atom. The molecule has 0 aliphatic rings. The van der Waals surface area contributed by atoms with Crippen molar-refractivity contribution in [3.63, 3.8) is 0 Å². The molecule has 0 unspecified atom stereocenters. The lowest BCUT2D eigenvalue weighted by Gasteiger charge is -2.21. The van der Waals surface area contributed by atoms with Gasteiger partial charge in [-0.3, -0.25) is 14.5 Å². The number of anilines is 1. The van der Waals surface area contributed by atoms with Gasteiger partial charge in [0.15, 0.2) is 0 Å². The second-order valence-corrected chi connectivity index (χ2v) is 6.07. The smallest absolute Gasteiger partial charge is 0.319 e. The zero-order valence-electron chi connectivity index (χ0n) is 14.3. The van der Waals surface area contributed by atoms with E-state index in [1.54, 1.807) is 23.1 Å². The number of carbonyl (C=O) groups excluding carboxylic acids is 2. The highest BCUT2D eigenvalue weighted by Gasteiger charge is 2.16. The summed E-state index contributed by atoms with van der Waals surface area (Å²) in [7, 11) is 1.33. The largest absolute Gasteiger partial charge is 0.468 e. The molecule has 0 bridgehead atoms. The van der Waals surface area contributed by atoms with Gasteiger partial charge in [-0.25, -0.2) is 0 Å². The molecule has 0 fully saturated rings. The molecule has 25 heavy (non-hydrogen) atoms. The number of halogens is 1. The quantitative estimate of drug-likeness (QED) is 0.770. The number of ether oxygens (including phenoxy) is 1. The molecule has 0 heterocycles. The molecule has 2 aromatic carbocycles. The molecule has 2 rings (SSSR count). The van der Waals surface area contributed by atoms with Crippen LogP contribution in [0.4, 0.5) is 5.69 Å². The van der Waals surface area contributed by atoms with Gasteiger partial charge >= 0.3 is 5.97 Å². The molecular formula is C19H21ClN2O3. The fraction of sp³-hybridized carbons (Fsp3) is 0.263. The Labute approximate surface area is 152 Å². The van der Waals surface area contributed by atoms with Gasteiger partial charge in [-0.15, -0.1) is 0 Å². The van der Waals surface area contributed by atoms with E-state index in [9.17, 15) is 9.59 Å². The summed E-state index contributed by atoms with van der Waals surface area (Å²) in [5, 5.41) is 3.43. The highest BCUT2D eigenvalue weighted by molar-refractivity contribution is 6.31. The number of benzene rings is 2. The van der Waals surface area contributed by atoms with Gasteiger partial charge in [-0.2, -0.15) is 0 Å². The first kappa shape index (κ1) is 19.0. The molecule has 0 aromatic heterocycles. The summed E-state index contributed by atoms with van der Waals surface area (Å²) in [6.07, 6.45) is 0. The number of hydrogen-bond donors (Lipinski definition) is 1. The van der Waals surface area contributed by atoms with E-state index in [1.165, 1.54) is 7.11 Å². The van der Waals surface area contributed by atoms with Crippen LogP contribution in [0.2, 0.25) is 5.02 Å². The predicted molar refractivity (Wildman–Crippen MR) is 98.6 cm³/mol. The molecule has 6 heteroatoms. The molecule has 132 valence electrons. The molecule has 0 aliphatic heterocycles.